The van der Waals surface area contributed by atoms with Crippen LogP contribution in [-0.2, 0) is 10.0 Å². The molecule has 1 aliphatic rings. The summed E-state index contributed by atoms with van der Waals surface area (Å²) >= 11 is 0. The monoisotopic (exact) mass is 400 g/mol. The van der Waals surface area contributed by atoms with E-state index in [0.29, 0.717) is 30.3 Å². The lowest BCUT2D eigenvalue weighted by atomic mass is 10.0. The summed E-state index contributed by atoms with van der Waals surface area (Å²) in [4.78, 5) is 24.0. The average molecular weight is 401 g/mol. The number of benzene rings is 2. The van der Waals surface area contributed by atoms with Crippen LogP contribution in [0.4, 0.5) is 5.69 Å². The molecule has 1 aliphatic heterocycles. The molecule has 0 spiro atoms. The number of ketones is 1. The zero-order valence-corrected chi connectivity index (χ0v) is 16.8. The Morgan fingerprint density at radius 2 is 1.64 bits per heavy atom. The summed E-state index contributed by atoms with van der Waals surface area (Å²) in [5, 5.41) is 2.73. The predicted octanol–water partition coefficient (Wildman–Crippen LogP) is 3.56. The Kier molecular flexibility index (Phi) is 5.96. The molecule has 2 aromatic carbocycles. The fourth-order valence-corrected chi connectivity index (χ4v) is 4.68. The molecule has 0 bridgehead atoms. The molecule has 2 aromatic rings. The Morgan fingerprint density at radius 3 is 2.25 bits per heavy atom. The second kappa shape index (κ2) is 8.24. The molecule has 1 N–H and O–H groups in total. The van der Waals surface area contributed by atoms with E-state index in [0.717, 1.165) is 12.8 Å². The number of amides is 1. The molecule has 1 amide bonds. The van der Waals surface area contributed by atoms with Gasteiger partial charge in [-0.15, -0.1) is 0 Å². The number of Topliss-reactive ketones (excluding diaryl/α,β-unsaturated/α-hetero) is 1. The summed E-state index contributed by atoms with van der Waals surface area (Å²) in [6.07, 6.45) is 1.69. The largest absolute Gasteiger partial charge is 0.322 e. The number of anilines is 1. The number of hydrogen-bond donors (Lipinski definition) is 1. The van der Waals surface area contributed by atoms with Gasteiger partial charge in [-0.2, -0.15) is 4.31 Å². The molecule has 1 fully saturated rings. The third-order valence-corrected chi connectivity index (χ3v) is 6.92. The summed E-state index contributed by atoms with van der Waals surface area (Å²) in [5.74, 6) is 0.0701. The normalized spacial score (nSPS) is 15.9. The maximum Gasteiger partial charge on any atom is 0.255 e. The summed E-state index contributed by atoms with van der Waals surface area (Å²) in [7, 11) is -3.61. The van der Waals surface area contributed by atoms with Gasteiger partial charge in [-0.05, 0) is 68.1 Å². The van der Waals surface area contributed by atoms with Crippen LogP contribution in [0.5, 0.6) is 0 Å². The third kappa shape index (κ3) is 4.48. The van der Waals surface area contributed by atoms with E-state index in [1.807, 2.05) is 0 Å². The number of carbonyl (C=O) groups excluding carboxylic acids is 2. The average Bonchev–Trinajstić information content (AvgIpc) is 2.69. The van der Waals surface area contributed by atoms with Crippen LogP contribution in [-0.4, -0.2) is 37.5 Å². The van der Waals surface area contributed by atoms with E-state index < -0.39 is 15.9 Å². The maximum absolute atomic E-state index is 12.9. The van der Waals surface area contributed by atoms with Gasteiger partial charge in [0.05, 0.1) is 4.90 Å². The van der Waals surface area contributed by atoms with Crippen molar-refractivity contribution in [2.75, 3.05) is 18.4 Å². The van der Waals surface area contributed by atoms with Crippen molar-refractivity contribution in [3.8, 4) is 0 Å². The Bertz CT molecular complexity index is 976. The fraction of sp³-hybridized carbons (Fsp3) is 0.333. The van der Waals surface area contributed by atoms with Crippen molar-refractivity contribution in [3.05, 3.63) is 59.7 Å². The maximum atomic E-state index is 12.9. The molecule has 1 saturated heterocycles. The highest BCUT2D eigenvalue weighted by atomic mass is 32.2. The van der Waals surface area contributed by atoms with Crippen LogP contribution in [0.25, 0.3) is 0 Å². The SMILES string of the molecule is CC(=O)c1ccc(NC(=O)c2cccc(S(=O)(=O)N3CCC(C)CC3)c2)cc1. The van der Waals surface area contributed by atoms with Crippen LogP contribution in [0.1, 0.15) is 47.4 Å². The second-order valence-corrected chi connectivity index (χ2v) is 9.14. The van der Waals surface area contributed by atoms with E-state index in [2.05, 4.69) is 12.2 Å². The van der Waals surface area contributed by atoms with Crippen LogP contribution < -0.4 is 5.32 Å². The molecule has 28 heavy (non-hydrogen) atoms. The molecule has 0 aromatic heterocycles. The van der Waals surface area contributed by atoms with Gasteiger partial charge in [-0.1, -0.05) is 13.0 Å². The summed E-state index contributed by atoms with van der Waals surface area (Å²) in [5.41, 5.74) is 1.36. The van der Waals surface area contributed by atoms with E-state index in [1.165, 1.54) is 23.4 Å². The molecular formula is C21H24N2O4S. The Labute approximate surface area is 165 Å². The molecule has 0 atom stereocenters. The summed E-state index contributed by atoms with van der Waals surface area (Å²) < 4.78 is 27.3. The Hall–Kier alpha value is -2.51. The van der Waals surface area contributed by atoms with Gasteiger partial charge in [0, 0.05) is 29.9 Å². The van der Waals surface area contributed by atoms with Gasteiger partial charge in [-0.25, -0.2) is 8.42 Å². The van der Waals surface area contributed by atoms with Crippen LogP contribution in [0.3, 0.4) is 0 Å². The molecule has 7 heteroatoms. The molecule has 0 aliphatic carbocycles. The first-order chi connectivity index (χ1) is 13.3. The number of piperidine rings is 1. The van der Waals surface area contributed by atoms with Crippen molar-refractivity contribution in [2.45, 2.75) is 31.6 Å². The molecule has 0 unspecified atom stereocenters. The summed E-state index contributed by atoms with van der Waals surface area (Å²) in [6, 6.07) is 12.6. The Morgan fingerprint density at radius 1 is 1.00 bits per heavy atom. The second-order valence-electron chi connectivity index (χ2n) is 7.20. The van der Waals surface area contributed by atoms with E-state index in [4.69, 9.17) is 0 Å². The van der Waals surface area contributed by atoms with Gasteiger partial charge in [-0.3, -0.25) is 9.59 Å². The highest BCUT2D eigenvalue weighted by Gasteiger charge is 2.28. The highest BCUT2D eigenvalue weighted by molar-refractivity contribution is 7.89. The number of hydrogen-bond acceptors (Lipinski definition) is 4. The molecule has 0 saturated carbocycles. The zero-order valence-electron chi connectivity index (χ0n) is 16.0. The van der Waals surface area contributed by atoms with Crippen molar-refractivity contribution < 1.29 is 18.0 Å². The predicted molar refractivity (Wildman–Crippen MR) is 108 cm³/mol. The molecule has 0 radical (unpaired) electrons. The van der Waals surface area contributed by atoms with E-state index in [-0.39, 0.29) is 16.2 Å². The minimum Gasteiger partial charge on any atom is -0.322 e. The lowest BCUT2D eigenvalue weighted by Crippen LogP contribution is -2.37. The van der Waals surface area contributed by atoms with Crippen LogP contribution in [0, 0.1) is 5.92 Å². The third-order valence-electron chi connectivity index (χ3n) is 5.03. The smallest absolute Gasteiger partial charge is 0.255 e. The van der Waals surface area contributed by atoms with Crippen molar-refractivity contribution in [2.24, 2.45) is 5.92 Å². The highest BCUT2D eigenvalue weighted by Crippen LogP contribution is 2.24. The van der Waals surface area contributed by atoms with Gasteiger partial charge >= 0.3 is 0 Å². The molecule has 1 heterocycles. The van der Waals surface area contributed by atoms with Gasteiger partial charge in [0.15, 0.2) is 5.78 Å². The van der Waals surface area contributed by atoms with Crippen LogP contribution >= 0.6 is 0 Å². The van der Waals surface area contributed by atoms with Crippen molar-refractivity contribution in [3.63, 3.8) is 0 Å². The fourth-order valence-electron chi connectivity index (χ4n) is 3.16. The van der Waals surface area contributed by atoms with Crippen molar-refractivity contribution in [1.29, 1.82) is 0 Å². The number of nitrogens with zero attached hydrogens (tertiary/aromatic N) is 1. The van der Waals surface area contributed by atoms with Gasteiger partial charge in [0.2, 0.25) is 10.0 Å². The lowest BCUT2D eigenvalue weighted by Gasteiger charge is -2.29. The van der Waals surface area contributed by atoms with Crippen molar-refractivity contribution >= 4 is 27.4 Å². The number of nitrogens with one attached hydrogen (secondary N) is 1. The first-order valence-corrected chi connectivity index (χ1v) is 10.7. The number of sulfonamides is 1. The minimum absolute atomic E-state index is 0.0529. The first kappa shape index (κ1) is 20.2. The zero-order chi connectivity index (χ0) is 20.3. The minimum atomic E-state index is -3.61. The number of carbonyl (C=O) groups is 2. The quantitative estimate of drug-likeness (QED) is 0.778. The molecule has 3 rings (SSSR count). The van der Waals surface area contributed by atoms with Gasteiger partial charge in [0.1, 0.15) is 0 Å². The topological polar surface area (TPSA) is 83.5 Å². The standard InChI is InChI=1S/C21H24N2O4S/c1-15-10-12-23(13-11-15)28(26,27)20-5-3-4-18(14-20)21(25)22-19-8-6-17(7-9-19)16(2)24/h3-9,14-15H,10-13H2,1-2H3,(H,22,25). The van der Waals surface area contributed by atoms with Crippen molar-refractivity contribution in [1.82, 2.24) is 4.31 Å². The molecule has 6 nitrogen and oxygen atoms in total. The van der Waals surface area contributed by atoms with E-state index in [1.54, 1.807) is 36.4 Å². The van der Waals surface area contributed by atoms with E-state index >= 15 is 0 Å². The van der Waals surface area contributed by atoms with Crippen LogP contribution in [0.2, 0.25) is 0 Å². The summed E-state index contributed by atoms with van der Waals surface area (Å²) in [6.45, 7) is 4.60. The van der Waals surface area contributed by atoms with Crippen LogP contribution in [0.15, 0.2) is 53.4 Å². The molecule has 148 valence electrons. The lowest BCUT2D eigenvalue weighted by molar-refractivity contribution is 0.101. The van der Waals surface area contributed by atoms with Gasteiger partial charge in [0.25, 0.3) is 5.91 Å². The van der Waals surface area contributed by atoms with Gasteiger partial charge < -0.3 is 5.32 Å². The first-order valence-electron chi connectivity index (χ1n) is 9.30. The Balaban J connectivity index is 1.76. The molecular weight excluding hydrogens is 376 g/mol. The number of rotatable bonds is 5. The van der Waals surface area contributed by atoms with E-state index in [9.17, 15) is 18.0 Å².